The Morgan fingerprint density at radius 3 is 1.21 bits per heavy atom. The molecule has 4 atom stereocenters. The second-order valence-electron chi connectivity index (χ2n) is 13.7. The van der Waals surface area contributed by atoms with Crippen molar-refractivity contribution in [2.24, 2.45) is 35.5 Å². The Morgan fingerprint density at radius 2 is 0.854 bits per heavy atom. The molecule has 0 N–H and O–H groups in total. The van der Waals surface area contributed by atoms with Crippen LogP contribution in [0.15, 0.2) is 193 Å². The highest BCUT2D eigenvalue weighted by Gasteiger charge is 2.48. The van der Waals surface area contributed by atoms with Gasteiger partial charge in [-0.1, -0.05) is 152 Å². The zero-order valence-corrected chi connectivity index (χ0v) is 29.2. The molecule has 4 aromatic carbocycles. The summed E-state index contributed by atoms with van der Waals surface area (Å²) in [6, 6.07) is 43.3. The Bertz CT molecular complexity index is 1780. The summed E-state index contributed by atoms with van der Waals surface area (Å²) in [5.74, 6) is 4.11. The van der Waals surface area contributed by atoms with Crippen molar-refractivity contribution < 1.29 is 0 Å². The van der Waals surface area contributed by atoms with Gasteiger partial charge in [-0.15, -0.1) is 0 Å². The minimum Gasteiger partial charge on any atom is -0.0810 e. The van der Waals surface area contributed by atoms with Crippen molar-refractivity contribution in [3.05, 3.63) is 193 Å². The van der Waals surface area contributed by atoms with Crippen LogP contribution in [0.3, 0.4) is 0 Å². The molecule has 234 valence electrons. The molecule has 0 aliphatic heterocycles. The first-order chi connectivity index (χ1) is 23.6. The Balaban J connectivity index is 0.000000116. The molecule has 6 aliphatic carbocycles. The van der Waals surface area contributed by atoms with Gasteiger partial charge in [-0.25, -0.2) is 0 Å². The average molecular weight is 656 g/mol. The normalized spacial score (nSPS) is 26.3. The average Bonchev–Trinajstić information content (AvgIpc) is 4.04. The Kier molecular flexibility index (Phi) is 9.19. The summed E-state index contributed by atoms with van der Waals surface area (Å²) in [6.07, 6.45) is 27.5. The van der Waals surface area contributed by atoms with Crippen molar-refractivity contribution in [3.8, 4) is 0 Å². The van der Waals surface area contributed by atoms with E-state index in [0.717, 1.165) is 11.8 Å². The van der Waals surface area contributed by atoms with Gasteiger partial charge in [0.25, 0.3) is 0 Å². The second-order valence-corrected chi connectivity index (χ2v) is 18.9. The highest BCUT2D eigenvalue weighted by molar-refractivity contribution is 8.11. The third kappa shape index (κ3) is 6.37. The third-order valence-corrected chi connectivity index (χ3v) is 16.7. The quantitative estimate of drug-likeness (QED) is 0.110. The molecule has 3 heteroatoms. The molecular weight excluding hydrogens is 613 g/mol. The lowest BCUT2D eigenvalue weighted by atomic mass is 10.2. The van der Waals surface area contributed by atoms with E-state index in [9.17, 15) is 0 Å². The molecule has 6 aliphatic rings. The second kappa shape index (κ2) is 14.0. The van der Waals surface area contributed by atoms with Gasteiger partial charge in [-0.05, 0) is 97.1 Å². The van der Waals surface area contributed by atoms with Crippen LogP contribution in [0.4, 0.5) is 0 Å². The van der Waals surface area contributed by atoms with Crippen molar-refractivity contribution in [1.82, 2.24) is 0 Å². The van der Waals surface area contributed by atoms with E-state index in [-0.39, 0.29) is 7.92 Å². The number of allylic oxidation sites excluding steroid dienone is 12. The summed E-state index contributed by atoms with van der Waals surface area (Å²) < 4.78 is 0. The predicted molar refractivity (Wildman–Crippen MR) is 211 cm³/mol. The van der Waals surface area contributed by atoms with E-state index < -0.39 is 7.14 Å². The van der Waals surface area contributed by atoms with Crippen molar-refractivity contribution >= 4 is 43.8 Å². The molecular formula is C45H42BP2+. The van der Waals surface area contributed by atoms with Gasteiger partial charge in [-0.2, -0.15) is 0 Å². The van der Waals surface area contributed by atoms with Crippen molar-refractivity contribution in [3.63, 3.8) is 0 Å². The Labute approximate surface area is 290 Å². The topological polar surface area (TPSA) is 0 Å². The molecule has 0 saturated heterocycles. The van der Waals surface area contributed by atoms with Crippen LogP contribution < -0.4 is 21.2 Å². The van der Waals surface area contributed by atoms with Gasteiger partial charge < -0.3 is 0 Å². The summed E-state index contributed by atoms with van der Waals surface area (Å²) in [7, 11) is 4.83. The van der Waals surface area contributed by atoms with Gasteiger partial charge in [0.2, 0.25) is 0 Å². The number of rotatable bonds is 6. The number of hydrogen-bond donors (Lipinski definition) is 0. The molecule has 4 aromatic rings. The lowest BCUT2D eigenvalue weighted by molar-refractivity contribution is 0.727. The maximum atomic E-state index is 7.14. The van der Waals surface area contributed by atoms with Crippen molar-refractivity contribution in [2.45, 2.75) is 19.3 Å². The van der Waals surface area contributed by atoms with Gasteiger partial charge in [0.1, 0.15) is 0 Å². The van der Waals surface area contributed by atoms with Crippen LogP contribution in [0.1, 0.15) is 19.3 Å². The lowest BCUT2D eigenvalue weighted by Gasteiger charge is -2.27. The fourth-order valence-electron chi connectivity index (χ4n) is 8.15. The molecule has 0 aromatic heterocycles. The van der Waals surface area contributed by atoms with Crippen molar-refractivity contribution in [1.29, 1.82) is 0 Å². The molecule has 6 bridgehead atoms. The maximum Gasteiger partial charge on any atom is 0.383 e. The molecule has 0 spiro atoms. The lowest BCUT2D eigenvalue weighted by Crippen LogP contribution is -2.25. The fourth-order valence-corrected chi connectivity index (χ4v) is 14.2. The minimum atomic E-state index is -1.95. The van der Waals surface area contributed by atoms with Crippen LogP contribution in [0.25, 0.3) is 0 Å². The molecule has 0 fully saturated rings. The maximum absolute atomic E-state index is 7.14. The van der Waals surface area contributed by atoms with Crippen LogP contribution in [0, 0.1) is 35.5 Å². The first kappa shape index (κ1) is 31.5. The summed E-state index contributed by atoms with van der Waals surface area (Å²) in [4.78, 5) is 0. The van der Waals surface area contributed by atoms with Gasteiger partial charge in [0.05, 0.1) is 23.1 Å². The van der Waals surface area contributed by atoms with Gasteiger partial charge in [0, 0.05) is 11.8 Å². The zero-order valence-electron chi connectivity index (χ0n) is 27.4. The van der Waals surface area contributed by atoms with Crippen LogP contribution in [-0.2, 0) is 0 Å². The molecule has 2 radical (unpaired) electrons. The smallest absolute Gasteiger partial charge is 0.0810 e. The van der Waals surface area contributed by atoms with E-state index in [2.05, 4.69) is 182 Å². The first-order valence-corrected chi connectivity index (χ1v) is 20.7. The van der Waals surface area contributed by atoms with E-state index in [1.807, 2.05) is 0 Å². The number of hydrogen-bond acceptors (Lipinski definition) is 0. The standard InChI is InChI=1S/C19H17BP.C19H17P.C7H8/c20-21(17-7-3-1-4-8-17,18-9-5-2-6-10-18)19-14-15-11-12-16(19)13-15;1-3-7-17(8-4-1)20(18-9-5-2-6-10-18)19-14-15-11-12-16(19)13-15;1-2-7-4-3-6(1)5-7/h1-12,14-16H,13H2;1-12,14-16H,13H2;1-4,6-7H,5H2/q+1;;. The predicted octanol–water partition coefficient (Wildman–Crippen LogP) is 9.79. The molecule has 0 nitrogen and oxygen atoms in total. The molecule has 4 unspecified atom stereocenters. The van der Waals surface area contributed by atoms with E-state index in [4.69, 9.17) is 7.57 Å². The summed E-state index contributed by atoms with van der Waals surface area (Å²) in [6.45, 7) is 0. The van der Waals surface area contributed by atoms with E-state index in [1.165, 1.54) is 45.8 Å². The van der Waals surface area contributed by atoms with E-state index in [1.54, 1.807) is 5.31 Å². The van der Waals surface area contributed by atoms with Crippen LogP contribution in [0.2, 0.25) is 0 Å². The third-order valence-electron chi connectivity index (χ3n) is 10.5. The molecule has 0 amide bonds. The molecule has 10 rings (SSSR count). The van der Waals surface area contributed by atoms with Gasteiger partial charge >= 0.3 is 7.57 Å². The SMILES string of the molecule is C1=CC2C=CC1C2.C1=CC2CC1C=C2P(c1ccccc1)c1ccccc1.[B][P+](C1=CC2C=CC1C2)(c1ccccc1)c1ccccc1. The van der Waals surface area contributed by atoms with Crippen LogP contribution >= 0.6 is 15.1 Å². The highest BCUT2D eigenvalue weighted by Crippen LogP contribution is 2.66. The summed E-state index contributed by atoms with van der Waals surface area (Å²) in [5, 5.41) is 8.63. The molecule has 48 heavy (non-hydrogen) atoms. The summed E-state index contributed by atoms with van der Waals surface area (Å²) in [5.41, 5.74) is 0. The first-order valence-electron chi connectivity index (χ1n) is 17.5. The molecule has 0 heterocycles. The van der Waals surface area contributed by atoms with Crippen LogP contribution in [-0.4, -0.2) is 7.57 Å². The monoisotopic (exact) mass is 655 g/mol. The summed E-state index contributed by atoms with van der Waals surface area (Å²) >= 11 is 0. The zero-order chi connectivity index (χ0) is 32.3. The van der Waals surface area contributed by atoms with Crippen molar-refractivity contribution in [2.75, 3.05) is 0 Å². The fraction of sp³-hybridized carbons (Fsp3) is 0.200. The Morgan fingerprint density at radius 1 is 0.438 bits per heavy atom. The minimum absolute atomic E-state index is 0.357. The molecule has 0 saturated carbocycles. The number of fused-ring (bicyclic) bond motifs is 6. The van der Waals surface area contributed by atoms with E-state index >= 15 is 0 Å². The Hall–Kier alpha value is -3.76. The largest absolute Gasteiger partial charge is 0.383 e. The van der Waals surface area contributed by atoms with Gasteiger partial charge in [-0.3, -0.25) is 0 Å². The number of benzene rings is 4. The van der Waals surface area contributed by atoms with E-state index in [0.29, 0.717) is 23.7 Å². The van der Waals surface area contributed by atoms with Crippen LogP contribution in [0.5, 0.6) is 0 Å². The highest BCUT2D eigenvalue weighted by atomic mass is 31.2. The van der Waals surface area contributed by atoms with Gasteiger partial charge in [0.15, 0.2) is 0 Å².